The van der Waals surface area contributed by atoms with Gasteiger partial charge in [-0.1, -0.05) is 173 Å². The second-order valence-electron chi connectivity index (χ2n) is 30.2. The first-order valence-electron chi connectivity index (χ1n) is 38.6. The molecule has 20 heteroatoms. The van der Waals surface area contributed by atoms with Crippen molar-refractivity contribution in [2.24, 2.45) is 0 Å². The standard InChI is InChI=1S/C25H20F9S.C21H21O3S.C20H26I.C18H12Cl3S.C18H15S/c1-13-5-15(3)22(16(4)6-13)35(20-8-14(2)7-17(10-20)23(26,27)28)21-11-18(24(29,30)31)9-19(12-21)25(32,33)34;1-22-16-4-10-19(11-5-16)25(20-12-6-17(23-2)7-13-20)21-14-8-18(24-3)9-15-21;1-19(2,3)15-7-11-17(12-8-15)21-18-13-9-16(10-14-18)20(4,5)6;19-13-1-7-16(8-2-13)22(17-9-3-14(20)4-10-17)18-11-5-15(21)6-12-18;1-4-10-16(11-5-1)19(17-12-6-2-7-13-17)18-14-8-3-9-15-18/h5-12H,1-4H3;4-15H,1-3H3;7-14H,1-6H3;1-12H;1-15H/q5*+1. The molecule has 0 aliphatic heterocycles. The molecular weight excluding hydrogens is 1810 g/mol. The van der Waals surface area contributed by atoms with Crippen molar-refractivity contribution < 1.29 is 74.9 Å². The number of methoxy groups -OCH3 is 3. The van der Waals surface area contributed by atoms with Crippen LogP contribution in [0.1, 0.15) is 91.6 Å². The summed E-state index contributed by atoms with van der Waals surface area (Å²) in [5, 5.41) is 2.21. The van der Waals surface area contributed by atoms with E-state index in [1.54, 1.807) is 54.2 Å². The predicted molar refractivity (Wildman–Crippen MR) is 482 cm³/mol. The number of ether oxygens (including phenoxy) is 3. The van der Waals surface area contributed by atoms with Gasteiger partial charge >= 0.3 is 39.7 Å². The van der Waals surface area contributed by atoms with Crippen molar-refractivity contribution in [1.82, 2.24) is 0 Å². The molecule has 0 aromatic heterocycles. The molecule has 0 saturated heterocycles. The largest absolute Gasteiger partial charge is 0.497 e. The van der Waals surface area contributed by atoms with Gasteiger partial charge < -0.3 is 14.2 Å². The zero-order valence-electron chi connectivity index (χ0n) is 69.5. The number of hydrogen-bond donors (Lipinski definition) is 0. The van der Waals surface area contributed by atoms with Crippen molar-refractivity contribution in [1.29, 1.82) is 0 Å². The van der Waals surface area contributed by atoms with Gasteiger partial charge in [0.25, 0.3) is 0 Å². The number of benzene rings is 14. The fraction of sp³-hybridized carbons (Fsp3) is 0.176. The molecule has 0 heterocycles. The van der Waals surface area contributed by atoms with E-state index in [0.29, 0.717) is 28.2 Å². The molecule has 0 spiro atoms. The van der Waals surface area contributed by atoms with Crippen molar-refractivity contribution in [2.75, 3.05) is 21.3 Å². The molecule has 0 aliphatic carbocycles. The van der Waals surface area contributed by atoms with Crippen LogP contribution in [-0.4, -0.2) is 21.3 Å². The number of alkyl halides is 9. The highest BCUT2D eigenvalue weighted by Gasteiger charge is 2.44. The summed E-state index contributed by atoms with van der Waals surface area (Å²) in [6, 6.07) is 107. The number of aryl methyl sites for hydroxylation is 4. The van der Waals surface area contributed by atoms with Crippen LogP contribution in [0.4, 0.5) is 39.5 Å². The first-order chi connectivity index (χ1) is 57.9. The van der Waals surface area contributed by atoms with E-state index in [2.05, 4.69) is 254 Å². The minimum absolute atomic E-state index is 0.0112. The fourth-order valence-electron chi connectivity index (χ4n) is 12.8. The maximum Gasteiger partial charge on any atom is 0.416 e. The van der Waals surface area contributed by atoms with Crippen molar-refractivity contribution >= 4 is 78.4 Å². The van der Waals surface area contributed by atoms with Gasteiger partial charge in [0.05, 0.1) is 81.6 Å². The Labute approximate surface area is 748 Å². The molecule has 0 radical (unpaired) electrons. The van der Waals surface area contributed by atoms with E-state index < -0.39 is 46.1 Å². The summed E-state index contributed by atoms with van der Waals surface area (Å²) in [5.74, 6) is 2.57. The van der Waals surface area contributed by atoms with Crippen molar-refractivity contribution in [3.05, 3.63) is 406 Å². The minimum atomic E-state index is -5.09. The monoisotopic (exact) mass is 1900 g/mol. The van der Waals surface area contributed by atoms with E-state index in [4.69, 9.17) is 49.0 Å². The zero-order chi connectivity index (χ0) is 88.3. The zero-order valence-corrected chi connectivity index (χ0v) is 77.2. The summed E-state index contributed by atoms with van der Waals surface area (Å²) in [6.45, 7) is 20.0. The second kappa shape index (κ2) is 43.0. The Kier molecular flexibility index (Phi) is 33.5. The smallest absolute Gasteiger partial charge is 0.416 e. The SMILES string of the molecule is CC(C)(C)c1ccc([I+]c2ccc(C(C)(C)C)cc2)cc1.COc1ccc([S+](c2ccc(OC)cc2)c2ccc(OC)cc2)cc1.Cc1cc([S+](c2cc(C(F)(F)F)cc(C(F)(F)F)c2)c2c(C)cc(C)cc2C)cc(C(F)(F)F)c1.Clc1ccc([S+](c2ccc(Cl)cc2)c2ccc(Cl)cc2)cc1.c1ccc([S+](c2ccccc2)c2ccccc2)cc1. The molecule has 14 rings (SSSR count). The third-order valence-corrected chi connectivity index (χ3v) is 31.4. The van der Waals surface area contributed by atoms with E-state index in [1.165, 1.54) is 75.3 Å². The molecule has 0 amide bonds. The maximum atomic E-state index is 13.6. The highest BCUT2D eigenvalue weighted by atomic mass is 127. The van der Waals surface area contributed by atoms with Crippen LogP contribution in [0.15, 0.2) is 392 Å². The Balaban J connectivity index is 0.000000163. The van der Waals surface area contributed by atoms with Gasteiger partial charge in [0.15, 0.2) is 65.9 Å². The Morgan fingerprint density at radius 3 is 0.738 bits per heavy atom. The summed E-state index contributed by atoms with van der Waals surface area (Å²) in [7, 11) is 2.91. The van der Waals surface area contributed by atoms with E-state index in [0.717, 1.165) is 50.0 Å². The van der Waals surface area contributed by atoms with E-state index >= 15 is 0 Å². The molecule has 14 aromatic carbocycles. The van der Waals surface area contributed by atoms with Crippen LogP contribution in [0.5, 0.6) is 17.2 Å². The molecule has 0 fully saturated rings. The first-order valence-corrected chi connectivity index (χ1v) is 46.8. The lowest BCUT2D eigenvalue weighted by Gasteiger charge is -2.18. The van der Waals surface area contributed by atoms with Crippen LogP contribution >= 0.6 is 34.8 Å². The summed E-state index contributed by atoms with van der Waals surface area (Å²) < 4.78 is 141. The molecule has 14 aromatic rings. The third kappa shape index (κ3) is 26.9. The molecule has 1 unspecified atom stereocenters. The Morgan fingerprint density at radius 1 is 0.246 bits per heavy atom. The quantitative estimate of drug-likeness (QED) is 0.0517. The Bertz CT molecular complexity index is 5220. The molecule has 0 bridgehead atoms. The topological polar surface area (TPSA) is 27.7 Å². The third-order valence-electron chi connectivity index (χ3n) is 18.8. The van der Waals surface area contributed by atoms with E-state index in [1.807, 2.05) is 72.8 Å². The van der Waals surface area contributed by atoms with Crippen LogP contribution in [0, 0.1) is 34.8 Å². The number of halogens is 13. The van der Waals surface area contributed by atoms with Gasteiger partial charge in [-0.2, -0.15) is 39.5 Å². The van der Waals surface area contributed by atoms with E-state index in [9.17, 15) is 39.5 Å². The molecule has 0 saturated carbocycles. The van der Waals surface area contributed by atoms with Gasteiger partial charge in [0.1, 0.15) is 17.2 Å². The highest BCUT2D eigenvalue weighted by Crippen LogP contribution is 2.45. The lowest BCUT2D eigenvalue weighted by atomic mass is 9.87. The number of rotatable bonds is 17. The van der Waals surface area contributed by atoms with E-state index in [-0.39, 0.29) is 86.1 Å². The molecule has 1 atom stereocenters. The van der Waals surface area contributed by atoms with Crippen molar-refractivity contribution in [3.63, 3.8) is 0 Å². The average molecular weight is 1900 g/mol. The van der Waals surface area contributed by atoms with Crippen LogP contribution < -0.4 is 35.4 Å². The van der Waals surface area contributed by atoms with Crippen LogP contribution in [0.3, 0.4) is 0 Å². The summed E-state index contributed by atoms with van der Waals surface area (Å²) >= 11 is 18.0. The second-order valence-corrected chi connectivity index (χ2v) is 42.5. The van der Waals surface area contributed by atoms with Gasteiger partial charge in [-0.15, -0.1) is 0 Å². The van der Waals surface area contributed by atoms with Crippen LogP contribution in [0.2, 0.25) is 15.1 Å². The molecule has 122 heavy (non-hydrogen) atoms. The predicted octanol–water partition coefficient (Wildman–Crippen LogP) is 27.8. The normalized spacial score (nSPS) is 11.9. The van der Waals surface area contributed by atoms with Gasteiger partial charge in [0.2, 0.25) is 0 Å². The highest BCUT2D eigenvalue weighted by molar-refractivity contribution is 7.98. The number of hydrogen-bond acceptors (Lipinski definition) is 3. The molecule has 630 valence electrons. The Morgan fingerprint density at radius 2 is 0.484 bits per heavy atom. The average Bonchev–Trinajstić information content (AvgIpc) is 0.756. The molecule has 0 N–H and O–H groups in total. The van der Waals surface area contributed by atoms with Gasteiger partial charge in [-0.05, 0) is 280 Å². The van der Waals surface area contributed by atoms with Crippen molar-refractivity contribution in [3.8, 4) is 17.2 Å². The lowest BCUT2D eigenvalue weighted by Crippen LogP contribution is -3.61. The van der Waals surface area contributed by atoms with Crippen LogP contribution in [0.25, 0.3) is 0 Å². The van der Waals surface area contributed by atoms with Gasteiger partial charge in [-0.3, -0.25) is 0 Å². The molecule has 0 aliphatic rings. The molecule has 3 nitrogen and oxygen atoms in total. The fourth-order valence-corrected chi connectivity index (χ4v) is 24.1. The first kappa shape index (κ1) is 95.1. The van der Waals surface area contributed by atoms with Gasteiger partial charge in [-0.25, -0.2) is 0 Å². The molecular formula is C102H94Cl3F9IO3S4+5. The lowest BCUT2D eigenvalue weighted by molar-refractivity contribution is -0.597. The minimum Gasteiger partial charge on any atom is -0.497 e. The maximum absolute atomic E-state index is 13.6. The van der Waals surface area contributed by atoms with Gasteiger partial charge in [0, 0.05) is 44.4 Å². The summed E-state index contributed by atoms with van der Waals surface area (Å²) in [4.78, 5) is 11.4. The Hall–Kier alpha value is -9.15. The van der Waals surface area contributed by atoms with Crippen LogP contribution in [-0.2, 0) is 72.9 Å². The summed E-state index contributed by atoms with van der Waals surface area (Å²) in [5.41, 5.74) is 1.31. The summed E-state index contributed by atoms with van der Waals surface area (Å²) in [6.07, 6.45) is -14.9. The van der Waals surface area contributed by atoms with Crippen molar-refractivity contribution in [2.45, 2.75) is 157 Å².